The molecule has 0 atom stereocenters. The van der Waals surface area contributed by atoms with Crippen LogP contribution in [0.1, 0.15) is 38.9 Å². The van der Waals surface area contributed by atoms with Crippen molar-refractivity contribution in [2.45, 2.75) is 20.8 Å². The summed E-state index contributed by atoms with van der Waals surface area (Å²) in [6.45, 7) is 4.99. The van der Waals surface area contributed by atoms with Crippen LogP contribution in [0.4, 0.5) is 11.4 Å². The summed E-state index contributed by atoms with van der Waals surface area (Å²) >= 11 is 0. The molecule has 0 aliphatic heterocycles. The van der Waals surface area contributed by atoms with Gasteiger partial charge in [-0.05, 0) is 39.0 Å². The first-order chi connectivity index (χ1) is 15.2. The van der Waals surface area contributed by atoms with E-state index in [0.717, 1.165) is 16.3 Å². The molecule has 10 heteroatoms. The van der Waals surface area contributed by atoms with Gasteiger partial charge in [-0.15, -0.1) is 0 Å². The highest BCUT2D eigenvalue weighted by atomic mass is 16.6. The molecule has 0 radical (unpaired) electrons. The monoisotopic (exact) mass is 436 g/mol. The Labute approximate surface area is 182 Å². The molecule has 0 fully saturated rings. The molecule has 0 saturated carbocycles. The maximum absolute atomic E-state index is 12.8. The summed E-state index contributed by atoms with van der Waals surface area (Å²) in [7, 11) is 0. The van der Waals surface area contributed by atoms with Crippen molar-refractivity contribution in [1.29, 1.82) is 0 Å². The average molecular weight is 436 g/mol. The Morgan fingerprint density at radius 1 is 1.16 bits per heavy atom. The van der Waals surface area contributed by atoms with Gasteiger partial charge in [-0.2, -0.15) is 9.78 Å². The number of benzene rings is 2. The number of nitrogens with zero attached hydrogens (tertiary/aromatic N) is 3. The molecule has 0 unspecified atom stereocenters. The molecule has 164 valence electrons. The summed E-state index contributed by atoms with van der Waals surface area (Å²) in [6.07, 6.45) is 0. The number of hydrogen-bond donors (Lipinski definition) is 1. The first kappa shape index (κ1) is 22.3. The van der Waals surface area contributed by atoms with Gasteiger partial charge in [-0.1, -0.05) is 23.8 Å². The highest BCUT2D eigenvalue weighted by molar-refractivity contribution is 6.08. The van der Waals surface area contributed by atoms with Gasteiger partial charge in [0.2, 0.25) is 0 Å². The van der Waals surface area contributed by atoms with E-state index < -0.39 is 22.4 Å². The predicted molar refractivity (Wildman–Crippen MR) is 116 cm³/mol. The van der Waals surface area contributed by atoms with Crippen molar-refractivity contribution in [2.24, 2.45) is 0 Å². The second-order valence-electron chi connectivity index (χ2n) is 6.87. The quantitative estimate of drug-likeness (QED) is 0.356. The van der Waals surface area contributed by atoms with E-state index in [4.69, 9.17) is 4.74 Å². The third-order valence-electron chi connectivity index (χ3n) is 4.67. The number of carbonyl (C=O) groups is 2. The molecule has 2 aromatic carbocycles. The fourth-order valence-electron chi connectivity index (χ4n) is 3.03. The second-order valence-corrected chi connectivity index (χ2v) is 6.87. The number of carbonyl (C=O) groups excluding carboxylic acids is 2. The summed E-state index contributed by atoms with van der Waals surface area (Å²) in [4.78, 5) is 48.6. The van der Waals surface area contributed by atoms with Crippen LogP contribution in [0.2, 0.25) is 0 Å². The van der Waals surface area contributed by atoms with Gasteiger partial charge < -0.3 is 10.1 Å². The minimum Gasteiger partial charge on any atom is -0.461 e. The van der Waals surface area contributed by atoms with Crippen LogP contribution in [0.25, 0.3) is 5.69 Å². The molecule has 1 N–H and O–H groups in total. The zero-order valence-electron chi connectivity index (χ0n) is 17.6. The third kappa shape index (κ3) is 4.53. The first-order valence-electron chi connectivity index (χ1n) is 9.66. The van der Waals surface area contributed by atoms with Gasteiger partial charge >= 0.3 is 5.97 Å². The lowest BCUT2D eigenvalue weighted by Crippen LogP contribution is -2.27. The largest absolute Gasteiger partial charge is 0.461 e. The fraction of sp³-hybridized carbons (Fsp3) is 0.182. The minimum atomic E-state index is -0.834. The van der Waals surface area contributed by atoms with Gasteiger partial charge in [0.25, 0.3) is 17.2 Å². The van der Waals surface area contributed by atoms with Crippen LogP contribution < -0.4 is 10.9 Å². The zero-order valence-corrected chi connectivity index (χ0v) is 17.6. The lowest BCUT2D eigenvalue weighted by atomic mass is 10.1. The molecule has 0 spiro atoms. The lowest BCUT2D eigenvalue weighted by Gasteiger charge is -2.13. The maximum Gasteiger partial charge on any atom is 0.360 e. The van der Waals surface area contributed by atoms with Gasteiger partial charge in [-0.25, -0.2) is 4.79 Å². The molecule has 0 aliphatic carbocycles. The number of ether oxygens (including phenoxy) is 1. The first-order valence-corrected chi connectivity index (χ1v) is 9.66. The minimum absolute atomic E-state index is 0.0247. The summed E-state index contributed by atoms with van der Waals surface area (Å²) in [5.74, 6) is -1.56. The van der Waals surface area contributed by atoms with Crippen LogP contribution in [0.3, 0.4) is 0 Å². The number of amides is 1. The molecule has 3 rings (SSSR count). The lowest BCUT2D eigenvalue weighted by molar-refractivity contribution is -0.385. The normalized spacial score (nSPS) is 10.5. The van der Waals surface area contributed by atoms with E-state index in [1.807, 2.05) is 6.92 Å². The number of aromatic nitrogens is 2. The van der Waals surface area contributed by atoms with Crippen molar-refractivity contribution < 1.29 is 19.2 Å². The van der Waals surface area contributed by atoms with Crippen LogP contribution in [-0.2, 0) is 4.74 Å². The average Bonchev–Trinajstić information content (AvgIpc) is 2.74. The molecule has 10 nitrogen and oxygen atoms in total. The highest BCUT2D eigenvalue weighted by Crippen LogP contribution is 2.23. The summed E-state index contributed by atoms with van der Waals surface area (Å²) in [5, 5.41) is 17.7. The number of nitrogens with one attached hydrogen (secondary N) is 1. The summed E-state index contributed by atoms with van der Waals surface area (Å²) < 4.78 is 6.05. The van der Waals surface area contributed by atoms with Crippen molar-refractivity contribution in [3.63, 3.8) is 0 Å². The molecule has 1 heterocycles. The Hall–Kier alpha value is -4.34. The van der Waals surface area contributed by atoms with E-state index in [0.29, 0.717) is 5.69 Å². The van der Waals surface area contributed by atoms with Crippen LogP contribution >= 0.6 is 0 Å². The fourth-order valence-corrected chi connectivity index (χ4v) is 3.03. The number of hydrogen-bond acceptors (Lipinski definition) is 7. The van der Waals surface area contributed by atoms with E-state index in [1.54, 1.807) is 31.2 Å². The number of nitro groups is 1. The van der Waals surface area contributed by atoms with Gasteiger partial charge in [0.05, 0.1) is 22.9 Å². The van der Waals surface area contributed by atoms with E-state index in [-0.39, 0.29) is 34.8 Å². The third-order valence-corrected chi connectivity index (χ3v) is 4.67. The standard InChI is InChI=1S/C22H20N4O6/c1-4-32-22(29)20-17(12-19(27)25(24-20)15-10-8-13(2)9-11-15)23-21(28)16-6-5-7-18(14(16)3)26(30)31/h5-12H,4H2,1-3H3,(H,23,28). The number of esters is 1. The Morgan fingerprint density at radius 3 is 2.47 bits per heavy atom. The molecular formula is C22H20N4O6. The van der Waals surface area contributed by atoms with E-state index in [2.05, 4.69) is 10.4 Å². The molecule has 3 aromatic rings. The van der Waals surface area contributed by atoms with Crippen molar-refractivity contribution >= 4 is 23.3 Å². The van der Waals surface area contributed by atoms with Crippen LogP contribution in [-0.4, -0.2) is 33.2 Å². The van der Waals surface area contributed by atoms with Crippen LogP contribution in [0.5, 0.6) is 0 Å². The Kier molecular flexibility index (Phi) is 6.43. The van der Waals surface area contributed by atoms with E-state index in [9.17, 15) is 24.5 Å². The molecule has 1 aromatic heterocycles. The van der Waals surface area contributed by atoms with Gasteiger partial charge in [0.1, 0.15) is 0 Å². The van der Waals surface area contributed by atoms with E-state index >= 15 is 0 Å². The number of anilines is 1. The second kappa shape index (κ2) is 9.21. The highest BCUT2D eigenvalue weighted by Gasteiger charge is 2.23. The Balaban J connectivity index is 2.07. The van der Waals surface area contributed by atoms with Crippen molar-refractivity contribution in [1.82, 2.24) is 9.78 Å². The maximum atomic E-state index is 12.8. The Morgan fingerprint density at radius 2 is 1.84 bits per heavy atom. The topological polar surface area (TPSA) is 133 Å². The van der Waals surface area contributed by atoms with Crippen molar-refractivity contribution in [3.8, 4) is 5.69 Å². The van der Waals surface area contributed by atoms with Gasteiger partial charge in [0.15, 0.2) is 5.69 Å². The molecule has 32 heavy (non-hydrogen) atoms. The SMILES string of the molecule is CCOC(=O)c1nn(-c2ccc(C)cc2)c(=O)cc1NC(=O)c1cccc([N+](=O)[O-])c1C. The summed E-state index contributed by atoms with van der Waals surface area (Å²) in [6, 6.07) is 12.0. The number of rotatable bonds is 6. The summed E-state index contributed by atoms with van der Waals surface area (Å²) in [5.41, 5.74) is 0.327. The molecule has 1 amide bonds. The molecule has 0 bridgehead atoms. The van der Waals surface area contributed by atoms with Crippen molar-refractivity contribution in [3.05, 3.63) is 91.4 Å². The zero-order chi connectivity index (χ0) is 23.4. The number of nitro benzene ring substituents is 1. The van der Waals surface area contributed by atoms with E-state index in [1.165, 1.54) is 25.1 Å². The number of aryl methyl sites for hydroxylation is 1. The van der Waals surface area contributed by atoms with Crippen LogP contribution in [0.15, 0.2) is 53.3 Å². The molecule has 0 aliphatic rings. The van der Waals surface area contributed by atoms with Crippen molar-refractivity contribution in [2.75, 3.05) is 11.9 Å². The van der Waals surface area contributed by atoms with Crippen LogP contribution in [0, 0.1) is 24.0 Å². The Bertz CT molecular complexity index is 1260. The smallest absolute Gasteiger partial charge is 0.360 e. The van der Waals surface area contributed by atoms with Gasteiger partial charge in [-0.3, -0.25) is 19.7 Å². The van der Waals surface area contributed by atoms with Gasteiger partial charge in [0, 0.05) is 23.3 Å². The molecular weight excluding hydrogens is 416 g/mol. The predicted octanol–water partition coefficient (Wildman–Crippen LogP) is 3.19. The molecule has 0 saturated heterocycles.